The maximum atomic E-state index is 13.8. The molecule has 142 valence electrons. The van der Waals surface area contributed by atoms with E-state index in [-0.39, 0.29) is 24.4 Å². The van der Waals surface area contributed by atoms with Gasteiger partial charge in [0, 0.05) is 30.7 Å². The van der Waals surface area contributed by atoms with Gasteiger partial charge in [0.2, 0.25) is 5.91 Å². The van der Waals surface area contributed by atoms with Crippen molar-refractivity contribution in [3.05, 3.63) is 87.6 Å². The first-order valence-electron chi connectivity index (χ1n) is 8.84. The van der Waals surface area contributed by atoms with Crippen molar-refractivity contribution in [1.82, 2.24) is 14.3 Å². The number of rotatable bonds is 5. The summed E-state index contributed by atoms with van der Waals surface area (Å²) in [5, 5.41) is 3.39. The van der Waals surface area contributed by atoms with Crippen LogP contribution in [0, 0.1) is 5.82 Å². The summed E-state index contributed by atoms with van der Waals surface area (Å²) in [7, 11) is 0. The monoisotopic (exact) mass is 397 g/mol. The van der Waals surface area contributed by atoms with Crippen LogP contribution in [0.5, 0.6) is 0 Å². The highest BCUT2D eigenvalue weighted by atomic mass is 35.5. The molecule has 4 aromatic rings. The molecule has 0 atom stereocenters. The lowest BCUT2D eigenvalue weighted by Gasteiger charge is -2.13. The van der Waals surface area contributed by atoms with Crippen molar-refractivity contribution in [3.63, 3.8) is 0 Å². The Hall–Kier alpha value is -3.12. The van der Waals surface area contributed by atoms with E-state index in [0.717, 1.165) is 5.56 Å². The van der Waals surface area contributed by atoms with Crippen LogP contribution in [0.15, 0.2) is 65.6 Å². The van der Waals surface area contributed by atoms with E-state index in [4.69, 9.17) is 11.6 Å². The van der Waals surface area contributed by atoms with E-state index in [1.54, 1.807) is 34.9 Å². The number of aryl methyl sites for hydroxylation is 1. The average Bonchev–Trinajstić information content (AvgIpc) is 3.17. The molecule has 5 nitrogen and oxygen atoms in total. The number of nitrogens with one attached hydrogen (secondary N) is 1. The largest absolute Gasteiger partial charge is 0.352 e. The Bertz CT molecular complexity index is 1250. The van der Waals surface area contributed by atoms with Crippen LogP contribution in [-0.4, -0.2) is 14.9 Å². The Morgan fingerprint density at radius 2 is 1.86 bits per heavy atom. The van der Waals surface area contributed by atoms with Gasteiger partial charge in [0.25, 0.3) is 5.56 Å². The number of carbonyl (C=O) groups is 1. The van der Waals surface area contributed by atoms with Gasteiger partial charge in [-0.2, -0.15) is 0 Å². The number of fused-ring (bicyclic) bond motifs is 3. The van der Waals surface area contributed by atoms with Crippen LogP contribution < -0.4 is 10.9 Å². The molecule has 2 aromatic heterocycles. The van der Waals surface area contributed by atoms with Crippen LogP contribution >= 0.6 is 11.6 Å². The molecule has 1 N–H and O–H groups in total. The first-order chi connectivity index (χ1) is 13.5. The van der Waals surface area contributed by atoms with Crippen molar-refractivity contribution in [3.8, 4) is 0 Å². The van der Waals surface area contributed by atoms with Crippen molar-refractivity contribution >= 4 is 34.1 Å². The van der Waals surface area contributed by atoms with Gasteiger partial charge in [-0.15, -0.1) is 0 Å². The van der Waals surface area contributed by atoms with Gasteiger partial charge in [-0.3, -0.25) is 9.59 Å². The van der Waals surface area contributed by atoms with Gasteiger partial charge in [-0.25, -0.2) is 4.39 Å². The predicted molar refractivity (Wildman–Crippen MR) is 107 cm³/mol. The molecule has 1 amide bonds. The highest BCUT2D eigenvalue weighted by Crippen LogP contribution is 2.17. The zero-order valence-electron chi connectivity index (χ0n) is 14.9. The number of carbonyl (C=O) groups excluding carboxylic acids is 1. The topological polar surface area (TPSA) is 55.5 Å². The number of hydrogen-bond acceptors (Lipinski definition) is 2. The third-order valence-electron chi connectivity index (χ3n) is 4.70. The minimum atomic E-state index is -0.435. The van der Waals surface area contributed by atoms with Crippen molar-refractivity contribution in [2.45, 2.75) is 19.5 Å². The quantitative estimate of drug-likeness (QED) is 0.557. The minimum Gasteiger partial charge on any atom is -0.352 e. The fourth-order valence-corrected chi connectivity index (χ4v) is 3.49. The number of hydrogen-bond donors (Lipinski definition) is 1. The van der Waals surface area contributed by atoms with Crippen molar-refractivity contribution in [2.75, 3.05) is 0 Å². The smallest absolute Gasteiger partial charge is 0.275 e. The predicted octanol–water partition coefficient (Wildman–Crippen LogP) is 3.75. The summed E-state index contributed by atoms with van der Waals surface area (Å²) in [5.41, 5.74) is 2.19. The number of amides is 1. The molecule has 4 rings (SSSR count). The summed E-state index contributed by atoms with van der Waals surface area (Å²) in [4.78, 5) is 25.1. The Kier molecular flexibility index (Phi) is 4.88. The molecule has 0 aliphatic carbocycles. The lowest BCUT2D eigenvalue weighted by molar-refractivity contribution is -0.121. The normalized spacial score (nSPS) is 11.2. The second kappa shape index (κ2) is 7.48. The molecular weight excluding hydrogens is 381 g/mol. The molecule has 2 aromatic carbocycles. The van der Waals surface area contributed by atoms with Gasteiger partial charge < -0.3 is 14.3 Å². The average molecular weight is 398 g/mol. The lowest BCUT2D eigenvalue weighted by Crippen LogP contribution is -2.28. The summed E-state index contributed by atoms with van der Waals surface area (Å²) in [6, 6.07) is 15.0. The molecule has 0 aliphatic heterocycles. The van der Waals surface area contributed by atoms with Crippen LogP contribution in [0.3, 0.4) is 0 Å². The molecule has 0 fully saturated rings. The third kappa shape index (κ3) is 3.39. The number of halogens is 2. The van der Waals surface area contributed by atoms with Crippen LogP contribution in [0.25, 0.3) is 16.6 Å². The Morgan fingerprint density at radius 3 is 2.68 bits per heavy atom. The second-order valence-electron chi connectivity index (χ2n) is 6.47. The fourth-order valence-electron chi connectivity index (χ4n) is 3.29. The molecule has 0 unspecified atom stereocenters. The molecule has 0 spiro atoms. The van der Waals surface area contributed by atoms with E-state index in [1.807, 2.05) is 18.2 Å². The third-order valence-corrected chi connectivity index (χ3v) is 5.07. The summed E-state index contributed by atoms with van der Waals surface area (Å²) < 4.78 is 17.0. The van der Waals surface area contributed by atoms with E-state index >= 15 is 0 Å². The van der Waals surface area contributed by atoms with Gasteiger partial charge in [0.15, 0.2) is 0 Å². The maximum Gasteiger partial charge on any atom is 0.275 e. The zero-order chi connectivity index (χ0) is 19.7. The highest BCUT2D eigenvalue weighted by Gasteiger charge is 2.13. The van der Waals surface area contributed by atoms with Gasteiger partial charge in [0.05, 0.1) is 11.0 Å². The van der Waals surface area contributed by atoms with Gasteiger partial charge >= 0.3 is 0 Å². The van der Waals surface area contributed by atoms with Crippen molar-refractivity contribution in [2.24, 2.45) is 0 Å². The standard InChI is InChI=1S/C21H17ClFN3O2/c22-16-5-2-1-4-14(16)13-24-20(27)9-11-26-19-12-15(23)7-8-17(19)25-10-3-6-18(25)21(26)28/h1-8,10,12H,9,11,13H2,(H,24,27). The summed E-state index contributed by atoms with van der Waals surface area (Å²) >= 11 is 6.09. The van der Waals surface area contributed by atoms with Crippen molar-refractivity contribution in [1.29, 1.82) is 0 Å². The molecule has 0 saturated heterocycles. The van der Waals surface area contributed by atoms with E-state index < -0.39 is 5.82 Å². The van der Waals surface area contributed by atoms with E-state index in [1.165, 1.54) is 16.7 Å². The van der Waals surface area contributed by atoms with Crippen LogP contribution in [0.2, 0.25) is 5.02 Å². The SMILES string of the molecule is O=C(CCn1c(=O)c2cccn2c2ccc(F)cc21)NCc1ccccc1Cl. The fraction of sp³-hybridized carbons (Fsp3) is 0.143. The van der Waals surface area contributed by atoms with Gasteiger partial charge in [-0.1, -0.05) is 29.8 Å². The maximum absolute atomic E-state index is 13.8. The molecule has 7 heteroatoms. The lowest BCUT2D eigenvalue weighted by atomic mass is 10.2. The van der Waals surface area contributed by atoms with Crippen molar-refractivity contribution < 1.29 is 9.18 Å². The molecule has 28 heavy (non-hydrogen) atoms. The minimum absolute atomic E-state index is 0.0901. The van der Waals surface area contributed by atoms with E-state index in [0.29, 0.717) is 28.1 Å². The van der Waals surface area contributed by atoms with E-state index in [9.17, 15) is 14.0 Å². The first kappa shape index (κ1) is 18.3. The molecule has 0 bridgehead atoms. The highest BCUT2D eigenvalue weighted by molar-refractivity contribution is 6.31. The number of benzene rings is 2. The molecule has 0 radical (unpaired) electrons. The summed E-state index contributed by atoms with van der Waals surface area (Å²) in [6.07, 6.45) is 1.85. The van der Waals surface area contributed by atoms with Crippen LogP contribution in [0.4, 0.5) is 4.39 Å². The van der Waals surface area contributed by atoms with E-state index in [2.05, 4.69) is 5.32 Å². The number of aromatic nitrogens is 2. The zero-order valence-corrected chi connectivity index (χ0v) is 15.6. The molecule has 2 heterocycles. The van der Waals surface area contributed by atoms with Crippen LogP contribution in [-0.2, 0) is 17.9 Å². The molecule has 0 saturated carbocycles. The first-order valence-corrected chi connectivity index (χ1v) is 9.21. The molecule has 0 aliphatic rings. The Labute approximate surface area is 165 Å². The number of nitrogens with zero attached hydrogens (tertiary/aromatic N) is 2. The Balaban J connectivity index is 1.58. The second-order valence-corrected chi connectivity index (χ2v) is 6.88. The summed E-state index contributed by atoms with van der Waals surface area (Å²) in [6.45, 7) is 0.454. The summed E-state index contributed by atoms with van der Waals surface area (Å²) in [5.74, 6) is -0.651. The van der Waals surface area contributed by atoms with Gasteiger partial charge in [0.1, 0.15) is 11.3 Å². The van der Waals surface area contributed by atoms with Crippen LogP contribution in [0.1, 0.15) is 12.0 Å². The Morgan fingerprint density at radius 1 is 1.04 bits per heavy atom. The van der Waals surface area contributed by atoms with Gasteiger partial charge in [-0.05, 0) is 42.0 Å². The molecular formula is C21H17ClFN3O2.